The lowest BCUT2D eigenvalue weighted by atomic mass is 9.96. The molecule has 0 saturated carbocycles. The minimum atomic E-state index is -4.94. The maximum atomic E-state index is 13.5. The molecule has 2 rings (SSSR count). The molecule has 0 aromatic heterocycles. The Morgan fingerprint density at radius 1 is 1.30 bits per heavy atom. The topological polar surface area (TPSA) is 123 Å². The fourth-order valence-corrected chi connectivity index (χ4v) is 2.97. The summed E-state index contributed by atoms with van der Waals surface area (Å²) in [4.78, 5) is 38.0. The Hall–Kier alpha value is -3.22. The van der Waals surface area contributed by atoms with Gasteiger partial charge in [0.1, 0.15) is 11.9 Å². The normalized spacial score (nSPS) is 16.0. The molecule has 0 bridgehead atoms. The number of aryl methyl sites for hydroxylation is 1. The van der Waals surface area contributed by atoms with Gasteiger partial charge in [-0.15, -0.1) is 10.1 Å². The van der Waals surface area contributed by atoms with Crippen molar-refractivity contribution in [3.63, 3.8) is 0 Å². The van der Waals surface area contributed by atoms with E-state index >= 15 is 0 Å². The lowest BCUT2D eigenvalue weighted by Crippen LogP contribution is -2.41. The smallest absolute Gasteiger partial charge is 0.475 e. The summed E-state index contributed by atoms with van der Waals surface area (Å²) in [5.74, 6) is -1.53. The fourth-order valence-electron chi connectivity index (χ4n) is 2.81. The van der Waals surface area contributed by atoms with Gasteiger partial charge in [0, 0.05) is 17.0 Å². The first-order valence-electron chi connectivity index (χ1n) is 9.33. The molecule has 1 aliphatic rings. The second kappa shape index (κ2) is 10.6. The van der Waals surface area contributed by atoms with Crippen molar-refractivity contribution in [2.24, 2.45) is 0 Å². The summed E-state index contributed by atoms with van der Waals surface area (Å²) in [6.07, 6.45) is -8.76. The number of fused-ring (bicyclic) bond motifs is 1. The van der Waals surface area contributed by atoms with E-state index < -0.39 is 48.0 Å². The molecule has 14 heteroatoms. The van der Waals surface area contributed by atoms with Gasteiger partial charge in [0.25, 0.3) is 5.09 Å². The molecule has 0 fully saturated rings. The van der Waals surface area contributed by atoms with Gasteiger partial charge in [-0.25, -0.2) is 9.59 Å². The Labute approximate surface area is 190 Å². The predicted octanol–water partition coefficient (Wildman–Crippen LogP) is 4.30. The highest BCUT2D eigenvalue weighted by Crippen LogP contribution is 2.41. The second-order valence-electron chi connectivity index (χ2n) is 6.90. The zero-order chi connectivity index (χ0) is 24.9. The van der Waals surface area contributed by atoms with E-state index in [4.69, 9.17) is 21.1 Å². The summed E-state index contributed by atoms with van der Waals surface area (Å²) in [6.45, 7) is 3.16. The zero-order valence-corrected chi connectivity index (χ0v) is 18.3. The van der Waals surface area contributed by atoms with Crippen LogP contribution in [0, 0.1) is 24.0 Å². The maximum absolute atomic E-state index is 13.5. The second-order valence-corrected chi connectivity index (χ2v) is 7.28. The monoisotopic (exact) mass is 497 g/mol. The van der Waals surface area contributed by atoms with Crippen LogP contribution in [0.25, 0.3) is 6.08 Å². The number of carbonyl (C=O) groups excluding carboxylic acids is 2. The quantitative estimate of drug-likeness (QED) is 0.224. The molecule has 1 heterocycles. The molecule has 0 N–H and O–H groups in total. The van der Waals surface area contributed by atoms with Crippen LogP contribution in [0.4, 0.5) is 18.0 Å². The summed E-state index contributed by atoms with van der Waals surface area (Å²) >= 11 is 6.14. The third-order valence-corrected chi connectivity index (χ3v) is 5.02. The number of esters is 1. The summed E-state index contributed by atoms with van der Waals surface area (Å²) in [6, 6.07) is 1.33. The van der Waals surface area contributed by atoms with E-state index in [0.29, 0.717) is 16.1 Å². The Kier molecular flexibility index (Phi) is 8.36. The van der Waals surface area contributed by atoms with Crippen LogP contribution in [-0.2, 0) is 23.8 Å². The van der Waals surface area contributed by atoms with Crippen LogP contribution < -0.4 is 4.74 Å². The summed E-state index contributed by atoms with van der Waals surface area (Å²) < 4.78 is 59.4. The molecule has 0 aliphatic carbocycles. The van der Waals surface area contributed by atoms with E-state index in [1.807, 2.05) is 0 Å². The molecule has 0 amide bonds. The Bertz CT molecular complexity index is 965. The minimum absolute atomic E-state index is 0.0336. The maximum Gasteiger partial charge on any atom is 0.511 e. The number of nitrogens with zero attached hydrogens (tertiary/aromatic N) is 1. The molecule has 0 saturated heterocycles. The molecule has 0 radical (unpaired) electrons. The largest absolute Gasteiger partial charge is 0.511 e. The highest BCUT2D eigenvalue weighted by Gasteiger charge is 2.49. The molecule has 0 spiro atoms. The number of rotatable bonds is 8. The molecule has 1 aromatic carbocycles. The van der Waals surface area contributed by atoms with Gasteiger partial charge in [-0.3, -0.25) is 0 Å². The SMILES string of the molecule is Cc1cc2c(c(C)c1Cl)C=C(C(=O)OCOC(=O)OC(C)CCO[N+](=O)[O-])C(C(F)(F)F)O2. The Morgan fingerprint density at radius 3 is 2.58 bits per heavy atom. The highest BCUT2D eigenvalue weighted by atomic mass is 35.5. The number of carbonyl (C=O) groups is 2. The first-order chi connectivity index (χ1) is 15.3. The lowest BCUT2D eigenvalue weighted by Gasteiger charge is -2.29. The van der Waals surface area contributed by atoms with Gasteiger partial charge in [-0.05, 0) is 44.0 Å². The van der Waals surface area contributed by atoms with Gasteiger partial charge in [-0.2, -0.15) is 13.2 Å². The van der Waals surface area contributed by atoms with Crippen LogP contribution >= 0.6 is 11.6 Å². The van der Waals surface area contributed by atoms with Crippen molar-refractivity contribution in [1.82, 2.24) is 0 Å². The molecule has 33 heavy (non-hydrogen) atoms. The summed E-state index contributed by atoms with van der Waals surface area (Å²) in [5.41, 5.74) is 0.233. The average molecular weight is 498 g/mol. The standard InChI is InChI=1S/C19H19ClF3NO9/c1-9-6-14-12(11(3)15(9)20)7-13(16(33-14)19(21,22)23)17(25)29-8-30-18(26)32-10(2)4-5-31-24(27)28/h6-7,10,16H,4-5,8H2,1-3H3. The van der Waals surface area contributed by atoms with E-state index in [-0.39, 0.29) is 24.3 Å². The van der Waals surface area contributed by atoms with Crippen molar-refractivity contribution in [2.75, 3.05) is 13.4 Å². The number of benzene rings is 1. The number of hydrogen-bond donors (Lipinski definition) is 0. The van der Waals surface area contributed by atoms with E-state index in [2.05, 4.69) is 14.3 Å². The third kappa shape index (κ3) is 6.88. The van der Waals surface area contributed by atoms with Crippen LogP contribution in [0.3, 0.4) is 0 Å². The van der Waals surface area contributed by atoms with E-state index in [0.717, 1.165) is 6.08 Å². The van der Waals surface area contributed by atoms with Crippen LogP contribution in [0.1, 0.15) is 30.0 Å². The lowest BCUT2D eigenvalue weighted by molar-refractivity contribution is -0.758. The first kappa shape index (κ1) is 26.0. The van der Waals surface area contributed by atoms with Crippen molar-refractivity contribution in [3.8, 4) is 5.75 Å². The molecular weight excluding hydrogens is 479 g/mol. The van der Waals surface area contributed by atoms with Crippen molar-refractivity contribution in [1.29, 1.82) is 0 Å². The molecule has 2 atom stereocenters. The molecule has 182 valence electrons. The van der Waals surface area contributed by atoms with Crippen molar-refractivity contribution >= 4 is 29.8 Å². The first-order valence-corrected chi connectivity index (χ1v) is 9.71. The van der Waals surface area contributed by atoms with Crippen LogP contribution in [0.2, 0.25) is 5.02 Å². The Morgan fingerprint density at radius 2 is 1.97 bits per heavy atom. The van der Waals surface area contributed by atoms with Crippen LogP contribution in [0.5, 0.6) is 5.75 Å². The molecule has 10 nitrogen and oxygen atoms in total. The summed E-state index contributed by atoms with van der Waals surface area (Å²) in [5, 5.41) is 9.34. The van der Waals surface area contributed by atoms with Crippen LogP contribution in [-0.4, -0.2) is 49.0 Å². The third-order valence-electron chi connectivity index (χ3n) is 4.44. The molecule has 1 aromatic rings. The molecule has 1 aliphatic heterocycles. The van der Waals surface area contributed by atoms with Crippen molar-refractivity contribution in [2.45, 2.75) is 45.6 Å². The van der Waals surface area contributed by atoms with Crippen LogP contribution in [0.15, 0.2) is 11.6 Å². The summed E-state index contributed by atoms with van der Waals surface area (Å²) in [7, 11) is 0. The average Bonchev–Trinajstić information content (AvgIpc) is 2.70. The zero-order valence-electron chi connectivity index (χ0n) is 17.6. The van der Waals surface area contributed by atoms with Gasteiger partial charge in [0.2, 0.25) is 12.9 Å². The fraction of sp³-hybridized carbons (Fsp3) is 0.474. The Balaban J connectivity index is 2.04. The molecule has 2 unspecified atom stereocenters. The van der Waals surface area contributed by atoms with E-state index in [9.17, 15) is 32.9 Å². The van der Waals surface area contributed by atoms with Gasteiger partial charge in [-0.1, -0.05) is 11.6 Å². The van der Waals surface area contributed by atoms with Gasteiger partial charge in [0.05, 0.1) is 12.2 Å². The van der Waals surface area contributed by atoms with E-state index in [1.165, 1.54) is 13.0 Å². The van der Waals surface area contributed by atoms with Gasteiger partial charge >= 0.3 is 18.3 Å². The molecular formula is C19H19ClF3NO9. The van der Waals surface area contributed by atoms with Gasteiger partial charge < -0.3 is 23.8 Å². The van der Waals surface area contributed by atoms with Gasteiger partial charge in [0.15, 0.2) is 0 Å². The van der Waals surface area contributed by atoms with Crippen molar-refractivity contribution in [3.05, 3.63) is 43.5 Å². The number of halogens is 4. The van der Waals surface area contributed by atoms with E-state index in [1.54, 1.807) is 13.8 Å². The number of alkyl halides is 3. The highest BCUT2D eigenvalue weighted by molar-refractivity contribution is 6.32. The minimum Gasteiger partial charge on any atom is -0.475 e. The number of ether oxygens (including phenoxy) is 4. The number of hydrogen-bond acceptors (Lipinski definition) is 9. The predicted molar refractivity (Wildman–Crippen MR) is 105 cm³/mol. The van der Waals surface area contributed by atoms with Crippen molar-refractivity contribution < 1.29 is 51.6 Å².